The van der Waals surface area contributed by atoms with E-state index in [0.717, 1.165) is 54.8 Å². The minimum absolute atomic E-state index is 0. The number of halogens is 4. The maximum atomic E-state index is 12.7. The highest BCUT2D eigenvalue weighted by Crippen LogP contribution is 2.40. The van der Waals surface area contributed by atoms with Gasteiger partial charge in [-0.3, -0.25) is 28.8 Å². The molecule has 11 N–H and O–H groups in total. The summed E-state index contributed by atoms with van der Waals surface area (Å²) in [5, 5.41) is 19.1. The van der Waals surface area contributed by atoms with Crippen LogP contribution in [0.5, 0.6) is 5.75 Å². The number of thiophene rings is 1. The molecule has 0 spiro atoms. The van der Waals surface area contributed by atoms with Crippen LogP contribution in [-0.4, -0.2) is 73.5 Å². The molecule has 75 heavy (non-hydrogen) atoms. The number of ether oxygens (including phenoxy) is 1. The predicted octanol–water partition coefficient (Wildman–Crippen LogP) is 10.5. The minimum Gasteiger partial charge on any atom is -0.459 e. The number of aromatic nitrogens is 3. The van der Waals surface area contributed by atoms with Crippen molar-refractivity contribution in [2.45, 2.75) is 41.8 Å². The predicted molar refractivity (Wildman–Crippen MR) is 295 cm³/mol. The smallest absolute Gasteiger partial charge is 0.287 e. The zero-order chi connectivity index (χ0) is 51.8. The molecule has 4 aromatic heterocycles. The van der Waals surface area contributed by atoms with E-state index in [9.17, 15) is 28.8 Å². The fourth-order valence-electron chi connectivity index (χ4n) is 8.53. The lowest BCUT2D eigenvalue weighted by molar-refractivity contribution is -0.124. The Balaban J connectivity index is 0.000000137. The second-order valence-corrected chi connectivity index (χ2v) is 20.9. The fourth-order valence-corrected chi connectivity index (χ4v) is 11.4. The molecule has 12 rings (SSSR count). The second-order valence-electron chi connectivity index (χ2n) is 16.9. The van der Waals surface area contributed by atoms with Crippen LogP contribution < -0.4 is 36.6 Å². The van der Waals surface area contributed by atoms with E-state index in [-0.39, 0.29) is 35.0 Å². The molecule has 0 fully saturated rings. The van der Waals surface area contributed by atoms with Gasteiger partial charge in [0.2, 0.25) is 5.91 Å². The number of rotatable bonds is 7. The Kier molecular flexibility index (Phi) is 15.5. The molecule has 5 aromatic carbocycles. The number of H-pyrrole nitrogens is 3. The van der Waals surface area contributed by atoms with Crippen molar-refractivity contribution in [1.29, 1.82) is 0 Å². The van der Waals surface area contributed by atoms with Crippen molar-refractivity contribution >= 4 is 154 Å². The van der Waals surface area contributed by atoms with Gasteiger partial charge in [-0.25, -0.2) is 0 Å². The monoisotopic (exact) mass is 1120 g/mol. The third kappa shape index (κ3) is 11.2. The Morgan fingerprint density at radius 3 is 1.83 bits per heavy atom. The normalized spacial score (nSPS) is 17.2. The molecule has 0 aliphatic carbocycles. The molecule has 382 valence electrons. The van der Waals surface area contributed by atoms with Crippen LogP contribution in [0.4, 0.5) is 17.1 Å². The van der Waals surface area contributed by atoms with Crippen LogP contribution in [0.15, 0.2) is 132 Å². The van der Waals surface area contributed by atoms with Gasteiger partial charge in [0, 0.05) is 48.4 Å². The van der Waals surface area contributed by atoms with Crippen LogP contribution in [0.1, 0.15) is 56.3 Å². The van der Waals surface area contributed by atoms with E-state index in [0.29, 0.717) is 53.4 Å². The van der Waals surface area contributed by atoms with Crippen LogP contribution in [0.3, 0.4) is 0 Å². The van der Waals surface area contributed by atoms with Gasteiger partial charge < -0.3 is 57.1 Å². The quantitative estimate of drug-likeness (QED) is 0.0739. The van der Waals surface area contributed by atoms with Crippen molar-refractivity contribution in [2.75, 3.05) is 16.0 Å². The standard InChI is InChI=1S/C18H15Cl2N3O2S.C17H12ClN3O3.C17H12ClN3O2S.H2O/c1-2-8-9-5-3-4-6-10(9)22-18(25)14(8)23-17(24)11-7-12-15(21-11)13(19)16(20)26-12;2*18-10-5-6-11-9(7-10)8-13(19-11)15(22)21-17-16(23)20-12-3-1-2-4-14(12)24-17;/h3-8,14,21H,2H2,1H3,(H,22,25)(H,23,24);2*1-8,17,19H,(H,20,23)(H,21,22);1H2/t8-,14+;;;/m0.../s1. The van der Waals surface area contributed by atoms with Crippen LogP contribution >= 0.6 is 69.5 Å². The Morgan fingerprint density at radius 1 is 0.600 bits per heavy atom. The summed E-state index contributed by atoms with van der Waals surface area (Å²) in [5.74, 6) is -1.59. The molecule has 0 radical (unpaired) electrons. The van der Waals surface area contributed by atoms with Crippen LogP contribution in [-0.2, 0) is 14.4 Å². The Bertz CT molecular complexity index is 3570. The molecule has 17 nitrogen and oxygen atoms in total. The highest BCUT2D eigenvalue weighted by atomic mass is 35.5. The van der Waals surface area contributed by atoms with E-state index >= 15 is 0 Å². The van der Waals surface area contributed by atoms with Crippen LogP contribution in [0, 0.1) is 0 Å². The first-order valence-corrected chi connectivity index (χ1v) is 25.9. The van der Waals surface area contributed by atoms with Crippen molar-refractivity contribution in [2.24, 2.45) is 0 Å². The number of anilines is 3. The van der Waals surface area contributed by atoms with E-state index in [1.807, 2.05) is 61.5 Å². The lowest BCUT2D eigenvalue weighted by atomic mass is 9.84. The first-order chi connectivity index (χ1) is 35.7. The average Bonchev–Trinajstić information content (AvgIpc) is 4.19. The van der Waals surface area contributed by atoms with Gasteiger partial charge in [0.05, 0.1) is 26.6 Å². The van der Waals surface area contributed by atoms with Gasteiger partial charge in [-0.15, -0.1) is 11.3 Å². The highest BCUT2D eigenvalue weighted by molar-refractivity contribution is 8.01. The number of amides is 6. The second kappa shape index (κ2) is 22.2. The van der Waals surface area contributed by atoms with Gasteiger partial charge in [0.25, 0.3) is 35.8 Å². The molecule has 0 bridgehead atoms. The van der Waals surface area contributed by atoms with E-state index in [2.05, 4.69) is 46.9 Å². The average molecular weight is 1130 g/mol. The number of carbonyl (C=O) groups excluding carboxylic acids is 6. The molecule has 6 amide bonds. The Hall–Kier alpha value is -7.49. The summed E-state index contributed by atoms with van der Waals surface area (Å²) in [6.45, 7) is 2.01. The van der Waals surface area contributed by atoms with Gasteiger partial charge >= 0.3 is 0 Å². The summed E-state index contributed by atoms with van der Waals surface area (Å²) in [4.78, 5) is 84.3. The summed E-state index contributed by atoms with van der Waals surface area (Å²) in [6, 6.07) is 37.3. The molecule has 0 saturated carbocycles. The number of para-hydroxylation sites is 4. The molecule has 3 aliphatic heterocycles. The first kappa shape index (κ1) is 52.4. The highest BCUT2D eigenvalue weighted by Gasteiger charge is 2.36. The van der Waals surface area contributed by atoms with Gasteiger partial charge in [-0.2, -0.15) is 0 Å². The molecule has 3 aliphatic rings. The van der Waals surface area contributed by atoms with E-state index in [1.54, 1.807) is 72.8 Å². The third-order valence-corrected chi connectivity index (χ3v) is 15.7. The molecular formula is C52H41Cl4N9O8S2. The van der Waals surface area contributed by atoms with Crippen molar-refractivity contribution in [3.05, 3.63) is 169 Å². The van der Waals surface area contributed by atoms with Gasteiger partial charge in [-0.1, -0.05) is 108 Å². The maximum absolute atomic E-state index is 12.7. The first-order valence-electron chi connectivity index (χ1n) is 22.7. The van der Waals surface area contributed by atoms with E-state index < -0.39 is 29.5 Å². The number of benzene rings is 5. The maximum Gasteiger partial charge on any atom is 0.287 e. The van der Waals surface area contributed by atoms with E-state index in [4.69, 9.17) is 51.1 Å². The fraction of sp³-hybridized carbons (Fsp3) is 0.115. The summed E-state index contributed by atoms with van der Waals surface area (Å²) in [7, 11) is 0. The van der Waals surface area contributed by atoms with Crippen molar-refractivity contribution < 1.29 is 39.0 Å². The van der Waals surface area contributed by atoms with Gasteiger partial charge in [0.15, 0.2) is 5.37 Å². The van der Waals surface area contributed by atoms with Gasteiger partial charge in [0.1, 0.15) is 33.2 Å². The molecular weight excluding hydrogens is 1080 g/mol. The van der Waals surface area contributed by atoms with Crippen molar-refractivity contribution in [1.82, 2.24) is 30.9 Å². The molecule has 4 atom stereocenters. The van der Waals surface area contributed by atoms with Crippen molar-refractivity contribution in [3.63, 3.8) is 0 Å². The molecule has 7 heterocycles. The molecule has 0 saturated heterocycles. The van der Waals surface area contributed by atoms with Crippen molar-refractivity contribution in [3.8, 4) is 5.75 Å². The lowest BCUT2D eigenvalue weighted by Crippen LogP contribution is -2.50. The zero-order valence-corrected chi connectivity index (χ0v) is 43.5. The van der Waals surface area contributed by atoms with E-state index in [1.165, 1.54) is 23.1 Å². The number of aromatic amines is 3. The largest absolute Gasteiger partial charge is 0.459 e. The summed E-state index contributed by atoms with van der Waals surface area (Å²) in [5.41, 5.74) is 6.47. The number of fused-ring (bicyclic) bond motifs is 6. The molecule has 23 heteroatoms. The molecule has 9 aromatic rings. The number of nitrogens with one attached hydrogen (secondary N) is 9. The number of hydrogen-bond donors (Lipinski definition) is 9. The summed E-state index contributed by atoms with van der Waals surface area (Å²) in [6.07, 6.45) is -0.362. The van der Waals surface area contributed by atoms with Gasteiger partial charge in [-0.05, 0) is 96.9 Å². The van der Waals surface area contributed by atoms with Crippen LogP contribution in [0.25, 0.3) is 32.0 Å². The summed E-state index contributed by atoms with van der Waals surface area (Å²) >= 11 is 26.6. The number of thioether (sulfide) groups is 1. The topological polar surface area (TPSA) is 263 Å². The Labute approximate surface area is 454 Å². The zero-order valence-electron chi connectivity index (χ0n) is 38.8. The molecule has 2 unspecified atom stereocenters. The van der Waals surface area contributed by atoms with Crippen LogP contribution in [0.2, 0.25) is 19.4 Å². The Morgan fingerprint density at radius 2 is 1.16 bits per heavy atom. The third-order valence-electron chi connectivity index (χ3n) is 12.1. The SMILES string of the molecule is CC[C@H]1c2ccccc2NC(=O)[C@@H]1NC(=O)c1cc2sc(Cl)c(Cl)c2[nH]1.O.O=C(NC1Oc2ccccc2NC1=O)c1cc2cc(Cl)ccc2[nH]1.O=C(NC1Sc2ccccc2NC1=O)c1cc2cc(Cl)ccc2[nH]1. The number of hydrogen-bond acceptors (Lipinski definition) is 9. The number of carbonyl (C=O) groups is 6. The summed E-state index contributed by atoms with van der Waals surface area (Å²) < 4.78 is 6.83. The lowest BCUT2D eigenvalue weighted by Gasteiger charge is -2.32. The minimum atomic E-state index is -1.09.